The lowest BCUT2D eigenvalue weighted by Crippen LogP contribution is -2.49. The molecule has 1 heterocycles. The lowest BCUT2D eigenvalue weighted by Gasteiger charge is -2.40. The number of methoxy groups -OCH3 is 1. The van der Waals surface area contributed by atoms with Crippen LogP contribution in [0.25, 0.3) is 0 Å². The lowest BCUT2D eigenvalue weighted by molar-refractivity contribution is 0.0709. The molecule has 2 rings (SSSR count). The molecule has 0 aliphatic carbocycles. The Morgan fingerprint density at radius 1 is 1.55 bits per heavy atom. The van der Waals surface area contributed by atoms with Crippen molar-refractivity contribution in [3.8, 4) is 6.07 Å². The van der Waals surface area contributed by atoms with Crippen molar-refractivity contribution in [1.29, 1.82) is 5.26 Å². The highest BCUT2D eigenvalue weighted by Gasteiger charge is 2.29. The summed E-state index contributed by atoms with van der Waals surface area (Å²) < 4.78 is 5.46. The molecule has 20 heavy (non-hydrogen) atoms. The molecule has 0 aromatic heterocycles. The second-order valence-electron chi connectivity index (χ2n) is 4.93. The number of piperidine rings is 1. The van der Waals surface area contributed by atoms with Crippen molar-refractivity contribution in [2.45, 2.75) is 29.9 Å². The maximum Gasteiger partial charge on any atom is 0.103 e. The van der Waals surface area contributed by atoms with E-state index in [-0.39, 0.29) is 12.1 Å². The van der Waals surface area contributed by atoms with E-state index in [2.05, 4.69) is 11.0 Å². The number of hydrogen-bond acceptors (Lipinski definition) is 5. The first-order valence-electron chi connectivity index (χ1n) is 6.81. The summed E-state index contributed by atoms with van der Waals surface area (Å²) in [5.74, 6) is 0. The molecule has 0 amide bonds. The van der Waals surface area contributed by atoms with Gasteiger partial charge in [-0.2, -0.15) is 5.26 Å². The Bertz CT molecular complexity index is 500. The zero-order valence-electron chi connectivity index (χ0n) is 12.0. The van der Waals surface area contributed by atoms with Crippen molar-refractivity contribution in [2.75, 3.05) is 31.4 Å². The molecule has 0 saturated carbocycles. The van der Waals surface area contributed by atoms with Gasteiger partial charge in [-0.25, -0.2) is 0 Å². The fourth-order valence-electron chi connectivity index (χ4n) is 2.81. The van der Waals surface area contributed by atoms with E-state index in [9.17, 15) is 5.26 Å². The van der Waals surface area contributed by atoms with E-state index in [4.69, 9.17) is 10.5 Å². The number of thioether (sulfide) groups is 1. The largest absolute Gasteiger partial charge is 0.381 e. The van der Waals surface area contributed by atoms with Crippen molar-refractivity contribution in [3.63, 3.8) is 0 Å². The van der Waals surface area contributed by atoms with Crippen LogP contribution in [0.3, 0.4) is 0 Å². The second kappa shape index (κ2) is 6.98. The molecule has 1 aliphatic rings. The van der Waals surface area contributed by atoms with Gasteiger partial charge in [0, 0.05) is 31.1 Å². The smallest absolute Gasteiger partial charge is 0.103 e. The maximum absolute atomic E-state index is 9.47. The van der Waals surface area contributed by atoms with Crippen LogP contribution in [0.4, 0.5) is 5.69 Å². The van der Waals surface area contributed by atoms with E-state index in [0.29, 0.717) is 6.54 Å². The van der Waals surface area contributed by atoms with Gasteiger partial charge < -0.3 is 15.4 Å². The minimum absolute atomic E-state index is 0.234. The Morgan fingerprint density at radius 2 is 2.35 bits per heavy atom. The number of nitrogens with two attached hydrogens (primary N) is 1. The first-order chi connectivity index (χ1) is 9.74. The van der Waals surface area contributed by atoms with Gasteiger partial charge in [0.2, 0.25) is 0 Å². The van der Waals surface area contributed by atoms with Gasteiger partial charge >= 0.3 is 0 Å². The van der Waals surface area contributed by atoms with E-state index < -0.39 is 0 Å². The monoisotopic (exact) mass is 291 g/mol. The lowest BCUT2D eigenvalue weighted by atomic mass is 9.97. The van der Waals surface area contributed by atoms with Crippen molar-refractivity contribution >= 4 is 17.4 Å². The highest BCUT2D eigenvalue weighted by molar-refractivity contribution is 7.98. The van der Waals surface area contributed by atoms with Crippen LogP contribution in [0, 0.1) is 11.3 Å². The van der Waals surface area contributed by atoms with Crippen LogP contribution >= 0.6 is 11.8 Å². The second-order valence-corrected chi connectivity index (χ2v) is 5.78. The summed E-state index contributed by atoms with van der Waals surface area (Å²) in [6.07, 6.45) is 4.16. The molecule has 0 bridgehead atoms. The van der Waals surface area contributed by atoms with Gasteiger partial charge in [-0.3, -0.25) is 0 Å². The molecule has 1 aromatic carbocycles. The van der Waals surface area contributed by atoms with Crippen molar-refractivity contribution in [3.05, 3.63) is 23.8 Å². The number of hydrogen-bond donors (Lipinski definition) is 1. The molecule has 1 aliphatic heterocycles. The third-order valence-electron chi connectivity index (χ3n) is 3.92. The van der Waals surface area contributed by atoms with Crippen molar-refractivity contribution < 1.29 is 4.74 Å². The number of nitrogens with zero attached hydrogens (tertiary/aromatic N) is 2. The molecule has 2 N–H and O–H groups in total. The standard InChI is InChI=1S/C15H21N3OS/c1-19-12-6-7-18(11(8-12)9-16)14-4-3-5-15(20-2)13(14)10-17/h3-5,11-12H,6-9,16H2,1-2H3. The minimum atomic E-state index is 0.234. The zero-order valence-corrected chi connectivity index (χ0v) is 12.8. The highest BCUT2D eigenvalue weighted by Crippen LogP contribution is 2.33. The van der Waals surface area contributed by atoms with Crippen LogP contribution in [0.2, 0.25) is 0 Å². The SMILES string of the molecule is COC1CCN(c2cccc(SC)c2C#N)C(CN)C1. The number of nitriles is 1. The van der Waals surface area contributed by atoms with Gasteiger partial charge in [-0.05, 0) is 31.2 Å². The summed E-state index contributed by atoms with van der Waals surface area (Å²) in [5.41, 5.74) is 7.69. The van der Waals surface area contributed by atoms with Crippen LogP contribution in [-0.2, 0) is 4.74 Å². The van der Waals surface area contributed by atoms with E-state index in [1.807, 2.05) is 24.5 Å². The van der Waals surface area contributed by atoms with Gasteiger partial charge in [-0.15, -0.1) is 11.8 Å². The molecule has 0 radical (unpaired) electrons. The third-order valence-corrected chi connectivity index (χ3v) is 4.70. The molecule has 0 spiro atoms. The quantitative estimate of drug-likeness (QED) is 0.862. The Labute approximate surface area is 124 Å². The molecule has 5 heteroatoms. The first-order valence-corrected chi connectivity index (χ1v) is 8.04. The van der Waals surface area contributed by atoms with Gasteiger partial charge in [0.25, 0.3) is 0 Å². The fourth-order valence-corrected chi connectivity index (χ4v) is 3.38. The Hall–Kier alpha value is -1.22. The molecule has 1 aromatic rings. The summed E-state index contributed by atoms with van der Waals surface area (Å²) in [5, 5.41) is 9.47. The fraction of sp³-hybridized carbons (Fsp3) is 0.533. The van der Waals surface area contributed by atoms with Crippen LogP contribution in [-0.4, -0.2) is 38.6 Å². The van der Waals surface area contributed by atoms with Gasteiger partial charge in [0.15, 0.2) is 0 Å². The highest BCUT2D eigenvalue weighted by atomic mass is 32.2. The average Bonchev–Trinajstić information content (AvgIpc) is 2.53. The number of benzene rings is 1. The topological polar surface area (TPSA) is 62.3 Å². The predicted molar refractivity (Wildman–Crippen MR) is 83.2 cm³/mol. The van der Waals surface area contributed by atoms with Crippen molar-refractivity contribution in [1.82, 2.24) is 0 Å². The molecular weight excluding hydrogens is 270 g/mol. The van der Waals surface area contributed by atoms with Crippen LogP contribution in [0.15, 0.2) is 23.1 Å². The number of anilines is 1. The molecule has 4 nitrogen and oxygen atoms in total. The van der Waals surface area contributed by atoms with E-state index in [1.165, 1.54) is 0 Å². The van der Waals surface area contributed by atoms with Crippen molar-refractivity contribution in [2.24, 2.45) is 5.73 Å². The van der Waals surface area contributed by atoms with E-state index >= 15 is 0 Å². The molecular formula is C15H21N3OS. The van der Waals surface area contributed by atoms with Crippen LogP contribution < -0.4 is 10.6 Å². The van der Waals surface area contributed by atoms with Crippen LogP contribution in [0.5, 0.6) is 0 Å². The normalized spacial score (nSPS) is 22.6. The molecule has 2 unspecified atom stereocenters. The van der Waals surface area contributed by atoms with Gasteiger partial charge in [0.05, 0.1) is 17.4 Å². The van der Waals surface area contributed by atoms with Gasteiger partial charge in [0.1, 0.15) is 6.07 Å². The molecule has 2 atom stereocenters. The first kappa shape index (κ1) is 15.2. The Kier molecular flexibility index (Phi) is 5.30. The summed E-state index contributed by atoms with van der Waals surface area (Å²) in [6, 6.07) is 8.61. The average molecular weight is 291 g/mol. The molecule has 1 saturated heterocycles. The van der Waals surface area contributed by atoms with Gasteiger partial charge in [-0.1, -0.05) is 6.07 Å². The molecule has 1 fully saturated rings. The summed E-state index contributed by atoms with van der Waals surface area (Å²) in [7, 11) is 1.75. The maximum atomic E-state index is 9.47. The Morgan fingerprint density at radius 3 is 2.95 bits per heavy atom. The Balaban J connectivity index is 2.33. The molecule has 108 valence electrons. The number of rotatable bonds is 4. The number of ether oxygens (including phenoxy) is 1. The van der Waals surface area contributed by atoms with E-state index in [1.54, 1.807) is 18.9 Å². The predicted octanol–water partition coefficient (Wildman–Crippen LogP) is 2.22. The van der Waals surface area contributed by atoms with Crippen LogP contribution in [0.1, 0.15) is 18.4 Å². The summed E-state index contributed by atoms with van der Waals surface area (Å²) in [4.78, 5) is 3.29. The van der Waals surface area contributed by atoms with E-state index in [0.717, 1.165) is 35.5 Å². The minimum Gasteiger partial charge on any atom is -0.381 e. The zero-order chi connectivity index (χ0) is 14.5. The summed E-state index contributed by atoms with van der Waals surface area (Å²) >= 11 is 1.61. The summed E-state index contributed by atoms with van der Waals surface area (Å²) in [6.45, 7) is 1.46. The third kappa shape index (κ3) is 2.93.